The summed E-state index contributed by atoms with van der Waals surface area (Å²) in [4.78, 5) is 30.2. The Morgan fingerprint density at radius 2 is 1.90 bits per heavy atom. The second kappa shape index (κ2) is 9.49. The molecule has 0 saturated carbocycles. The first-order valence-electron chi connectivity index (χ1n) is 10.1. The fourth-order valence-electron chi connectivity index (χ4n) is 3.52. The van der Waals surface area contributed by atoms with Crippen molar-refractivity contribution in [2.75, 3.05) is 11.9 Å². The van der Waals surface area contributed by atoms with E-state index in [0.717, 1.165) is 12.0 Å². The van der Waals surface area contributed by atoms with E-state index >= 15 is 0 Å². The summed E-state index contributed by atoms with van der Waals surface area (Å²) in [6.45, 7) is 2.63. The van der Waals surface area contributed by atoms with Crippen molar-refractivity contribution in [1.82, 2.24) is 18.7 Å². The first-order chi connectivity index (χ1) is 14.3. The van der Waals surface area contributed by atoms with Crippen LogP contribution in [0.4, 0.5) is 5.95 Å². The molecule has 1 atom stereocenters. The van der Waals surface area contributed by atoms with Crippen LogP contribution in [0, 0.1) is 0 Å². The lowest BCUT2D eigenvalue weighted by Crippen LogP contribution is -2.39. The van der Waals surface area contributed by atoms with Crippen molar-refractivity contribution in [3.8, 4) is 0 Å². The van der Waals surface area contributed by atoms with E-state index in [1.165, 1.54) is 9.13 Å². The van der Waals surface area contributed by atoms with Gasteiger partial charge < -0.3 is 15.0 Å². The molecule has 0 amide bonds. The number of fused-ring (bicyclic) bond motifs is 1. The van der Waals surface area contributed by atoms with Gasteiger partial charge in [0, 0.05) is 32.2 Å². The van der Waals surface area contributed by atoms with Crippen LogP contribution in [0.5, 0.6) is 0 Å². The van der Waals surface area contributed by atoms with Gasteiger partial charge in [-0.2, -0.15) is 4.98 Å². The van der Waals surface area contributed by atoms with Crippen LogP contribution in [0.25, 0.3) is 11.2 Å². The van der Waals surface area contributed by atoms with Crippen molar-refractivity contribution in [3.63, 3.8) is 0 Å². The molecule has 2 heterocycles. The number of nitrogens with one attached hydrogen (secondary N) is 1. The Balaban J connectivity index is 1.83. The summed E-state index contributed by atoms with van der Waals surface area (Å²) in [6, 6.07) is 7.65. The van der Waals surface area contributed by atoms with E-state index in [4.69, 9.17) is 11.6 Å². The van der Waals surface area contributed by atoms with E-state index in [0.29, 0.717) is 54.5 Å². The highest BCUT2D eigenvalue weighted by Gasteiger charge is 2.18. The minimum Gasteiger partial charge on any atom is -0.393 e. The standard InChI is InChI=1S/C21H28ClN5O3/c1-14(28)8-6-7-13-27-19(29)17-18(26(3)21(27)30)24-20(25(17)2)23-12-11-15-9-4-5-10-16(15)22/h4-5,9-10,14,28H,6-8,11-13H2,1-3H3,(H,23,24). The van der Waals surface area contributed by atoms with Gasteiger partial charge in [0.25, 0.3) is 5.56 Å². The molecular weight excluding hydrogens is 406 g/mol. The number of aromatic nitrogens is 4. The molecule has 0 spiro atoms. The lowest BCUT2D eigenvalue weighted by atomic mass is 10.1. The average molecular weight is 434 g/mol. The molecule has 1 unspecified atom stereocenters. The first kappa shape index (κ1) is 22.1. The second-order valence-electron chi connectivity index (χ2n) is 7.58. The molecule has 2 aromatic heterocycles. The SMILES string of the molecule is CC(O)CCCCn1c(=O)c2c(nc(NCCc3ccccc3Cl)n2C)n(C)c1=O. The summed E-state index contributed by atoms with van der Waals surface area (Å²) in [6.07, 6.45) is 2.35. The lowest BCUT2D eigenvalue weighted by molar-refractivity contribution is 0.180. The number of aryl methyl sites for hydroxylation is 2. The normalized spacial score (nSPS) is 12.4. The summed E-state index contributed by atoms with van der Waals surface area (Å²) in [7, 11) is 3.38. The molecule has 3 rings (SSSR count). The zero-order valence-corrected chi connectivity index (χ0v) is 18.3. The maximum atomic E-state index is 13.0. The molecular formula is C21H28ClN5O3. The number of aliphatic hydroxyl groups is 1. The Hall–Kier alpha value is -2.58. The van der Waals surface area contributed by atoms with E-state index in [1.54, 1.807) is 25.6 Å². The smallest absolute Gasteiger partial charge is 0.332 e. The van der Waals surface area contributed by atoms with Gasteiger partial charge in [-0.15, -0.1) is 0 Å². The molecule has 0 radical (unpaired) electrons. The number of aliphatic hydroxyl groups excluding tert-OH is 1. The molecule has 30 heavy (non-hydrogen) atoms. The molecule has 2 N–H and O–H groups in total. The lowest BCUT2D eigenvalue weighted by Gasteiger charge is -2.09. The molecule has 162 valence electrons. The van der Waals surface area contributed by atoms with E-state index in [2.05, 4.69) is 10.3 Å². The zero-order chi connectivity index (χ0) is 21.8. The van der Waals surface area contributed by atoms with Crippen LogP contribution in [-0.2, 0) is 27.1 Å². The third kappa shape index (κ3) is 4.60. The largest absolute Gasteiger partial charge is 0.393 e. The quantitative estimate of drug-likeness (QED) is 0.505. The predicted molar refractivity (Wildman–Crippen MR) is 119 cm³/mol. The van der Waals surface area contributed by atoms with Gasteiger partial charge in [-0.25, -0.2) is 4.79 Å². The van der Waals surface area contributed by atoms with Crippen LogP contribution in [0.3, 0.4) is 0 Å². The van der Waals surface area contributed by atoms with Crippen molar-refractivity contribution in [2.45, 2.75) is 45.3 Å². The zero-order valence-electron chi connectivity index (χ0n) is 17.6. The maximum Gasteiger partial charge on any atom is 0.332 e. The summed E-state index contributed by atoms with van der Waals surface area (Å²) in [5.74, 6) is 0.524. The van der Waals surface area contributed by atoms with Crippen LogP contribution in [0.2, 0.25) is 5.02 Å². The number of halogens is 1. The van der Waals surface area contributed by atoms with E-state index in [9.17, 15) is 14.7 Å². The highest BCUT2D eigenvalue weighted by Crippen LogP contribution is 2.17. The number of unbranched alkanes of at least 4 members (excludes halogenated alkanes) is 1. The fourth-order valence-corrected chi connectivity index (χ4v) is 3.75. The minimum absolute atomic E-state index is 0.314. The Morgan fingerprint density at radius 3 is 2.60 bits per heavy atom. The number of hydrogen-bond acceptors (Lipinski definition) is 5. The summed E-state index contributed by atoms with van der Waals surface area (Å²) in [5, 5.41) is 13.3. The summed E-state index contributed by atoms with van der Waals surface area (Å²) in [5.41, 5.74) is 1.03. The Morgan fingerprint density at radius 1 is 1.17 bits per heavy atom. The molecule has 0 saturated heterocycles. The molecule has 8 nitrogen and oxygen atoms in total. The van der Waals surface area contributed by atoms with Gasteiger partial charge in [-0.05, 0) is 44.2 Å². The predicted octanol–water partition coefficient (Wildman–Crippen LogP) is 2.29. The number of hydrogen-bond donors (Lipinski definition) is 2. The van der Waals surface area contributed by atoms with Crippen LogP contribution >= 0.6 is 11.6 Å². The third-order valence-corrected chi connectivity index (χ3v) is 5.62. The first-order valence-corrected chi connectivity index (χ1v) is 10.5. The van der Waals surface area contributed by atoms with Crippen molar-refractivity contribution < 1.29 is 5.11 Å². The molecule has 9 heteroatoms. The van der Waals surface area contributed by atoms with Gasteiger partial charge >= 0.3 is 5.69 Å². The summed E-state index contributed by atoms with van der Waals surface area (Å²) < 4.78 is 4.35. The highest BCUT2D eigenvalue weighted by atomic mass is 35.5. The van der Waals surface area contributed by atoms with Gasteiger partial charge in [0.05, 0.1) is 6.10 Å². The van der Waals surface area contributed by atoms with Crippen LogP contribution in [0.1, 0.15) is 31.7 Å². The van der Waals surface area contributed by atoms with Gasteiger partial charge in [-0.3, -0.25) is 13.9 Å². The van der Waals surface area contributed by atoms with Gasteiger partial charge in [0.15, 0.2) is 11.2 Å². The second-order valence-corrected chi connectivity index (χ2v) is 7.99. The number of benzene rings is 1. The number of nitrogens with zero attached hydrogens (tertiary/aromatic N) is 4. The topological polar surface area (TPSA) is 94.1 Å². The number of anilines is 1. The highest BCUT2D eigenvalue weighted by molar-refractivity contribution is 6.31. The van der Waals surface area contributed by atoms with Crippen LogP contribution in [0.15, 0.2) is 33.9 Å². The third-order valence-electron chi connectivity index (χ3n) is 5.25. The van der Waals surface area contributed by atoms with Gasteiger partial charge in [0.1, 0.15) is 0 Å². The molecule has 0 fully saturated rings. The minimum atomic E-state index is -0.386. The molecule has 0 aliphatic heterocycles. The molecule has 0 bridgehead atoms. The average Bonchev–Trinajstić information content (AvgIpc) is 3.03. The maximum absolute atomic E-state index is 13.0. The van der Waals surface area contributed by atoms with Crippen LogP contribution in [-0.4, -0.2) is 36.4 Å². The number of imidazole rings is 1. The van der Waals surface area contributed by atoms with Crippen LogP contribution < -0.4 is 16.6 Å². The fraction of sp³-hybridized carbons (Fsp3) is 0.476. The van der Waals surface area contributed by atoms with E-state index in [1.807, 2.05) is 24.3 Å². The van der Waals surface area contributed by atoms with Gasteiger partial charge in [0.2, 0.25) is 5.95 Å². The monoisotopic (exact) mass is 433 g/mol. The van der Waals surface area contributed by atoms with Crippen molar-refractivity contribution in [3.05, 3.63) is 55.7 Å². The number of rotatable bonds is 9. The van der Waals surface area contributed by atoms with E-state index in [-0.39, 0.29) is 17.4 Å². The Labute approximate surface area is 179 Å². The van der Waals surface area contributed by atoms with Gasteiger partial charge in [-0.1, -0.05) is 29.8 Å². The molecule has 3 aromatic rings. The molecule has 0 aliphatic rings. The molecule has 0 aliphatic carbocycles. The Bertz CT molecular complexity index is 1150. The molecule has 1 aromatic carbocycles. The van der Waals surface area contributed by atoms with E-state index < -0.39 is 0 Å². The summed E-state index contributed by atoms with van der Waals surface area (Å²) >= 11 is 6.20. The van der Waals surface area contributed by atoms with Crippen molar-refractivity contribution >= 4 is 28.7 Å². The van der Waals surface area contributed by atoms with Crippen molar-refractivity contribution in [1.29, 1.82) is 0 Å². The Kier molecular flexibility index (Phi) is 6.99. The van der Waals surface area contributed by atoms with Crippen molar-refractivity contribution in [2.24, 2.45) is 14.1 Å².